The number of fused-ring (bicyclic) bond motifs is 1. The van der Waals surface area contributed by atoms with Crippen LogP contribution in [0.4, 0.5) is 5.69 Å². The van der Waals surface area contributed by atoms with Gasteiger partial charge in [0.15, 0.2) is 5.78 Å². The number of para-hydroxylation sites is 4. The van der Waals surface area contributed by atoms with Crippen LogP contribution < -0.4 is 9.64 Å². The monoisotopic (exact) mass is 439 g/mol. The maximum Gasteiger partial charge on any atom is 0.227 e. The second kappa shape index (κ2) is 8.90. The minimum Gasteiger partial charge on any atom is -0.492 e. The van der Waals surface area contributed by atoms with E-state index in [1.807, 2.05) is 90.4 Å². The first-order valence-corrected chi connectivity index (χ1v) is 11.2. The molecule has 0 spiro atoms. The van der Waals surface area contributed by atoms with Gasteiger partial charge < -0.3 is 14.2 Å². The van der Waals surface area contributed by atoms with Crippen molar-refractivity contribution in [3.63, 3.8) is 0 Å². The van der Waals surface area contributed by atoms with Crippen LogP contribution in [0, 0.1) is 0 Å². The highest BCUT2D eigenvalue weighted by Gasteiger charge is 2.36. The van der Waals surface area contributed by atoms with Gasteiger partial charge in [0.1, 0.15) is 11.6 Å². The van der Waals surface area contributed by atoms with Crippen LogP contribution in [-0.4, -0.2) is 34.4 Å². The number of hydrogen-bond acceptors (Lipinski definition) is 4. The summed E-state index contributed by atoms with van der Waals surface area (Å²) in [6.07, 6.45) is 0.337. The molecule has 6 heteroatoms. The number of amides is 1. The van der Waals surface area contributed by atoms with E-state index >= 15 is 0 Å². The Hall–Kier alpha value is -3.93. The zero-order chi connectivity index (χ0) is 22.8. The van der Waals surface area contributed by atoms with Gasteiger partial charge >= 0.3 is 0 Å². The first-order valence-electron chi connectivity index (χ1n) is 11.2. The lowest BCUT2D eigenvalue weighted by atomic mass is 10.1. The summed E-state index contributed by atoms with van der Waals surface area (Å²) in [7, 11) is 0. The van der Waals surface area contributed by atoms with Gasteiger partial charge in [-0.05, 0) is 31.2 Å². The van der Waals surface area contributed by atoms with E-state index < -0.39 is 0 Å². The van der Waals surface area contributed by atoms with Crippen LogP contribution in [0.5, 0.6) is 5.75 Å². The largest absolute Gasteiger partial charge is 0.492 e. The molecule has 1 saturated heterocycles. The highest BCUT2D eigenvalue weighted by molar-refractivity contribution is 5.98. The molecule has 1 atom stereocenters. The molecule has 3 aromatic carbocycles. The molecular weight excluding hydrogens is 414 g/mol. The summed E-state index contributed by atoms with van der Waals surface area (Å²) in [5, 5.41) is 0. The van der Waals surface area contributed by atoms with E-state index in [1.54, 1.807) is 4.90 Å². The zero-order valence-electron chi connectivity index (χ0n) is 18.5. The predicted octanol–water partition coefficient (Wildman–Crippen LogP) is 4.84. The normalized spacial score (nSPS) is 15.8. The van der Waals surface area contributed by atoms with E-state index in [0.717, 1.165) is 22.5 Å². The fourth-order valence-electron chi connectivity index (χ4n) is 4.50. The Kier molecular flexibility index (Phi) is 5.65. The molecule has 1 aliphatic heterocycles. The summed E-state index contributed by atoms with van der Waals surface area (Å²) in [5.41, 5.74) is 3.16. The fraction of sp³-hybridized carbons (Fsp3) is 0.222. The third-order valence-corrected chi connectivity index (χ3v) is 6.03. The lowest BCUT2D eigenvalue weighted by Crippen LogP contribution is -2.25. The van der Waals surface area contributed by atoms with Crippen LogP contribution in [-0.2, 0) is 11.3 Å². The number of anilines is 1. The number of hydrogen-bond donors (Lipinski definition) is 0. The molecule has 2 heterocycles. The molecule has 1 unspecified atom stereocenters. The Morgan fingerprint density at radius 1 is 1.00 bits per heavy atom. The maximum atomic E-state index is 13.1. The molecule has 1 fully saturated rings. The standard InChI is InChI=1S/C27H25N3O3/c1-2-33-25-15-9-8-14-23(25)29-17-20(16-26(29)32)27-28-21-12-6-7-13-22(21)30(27)18-24(31)19-10-4-3-5-11-19/h3-15,20H,2,16-18H2,1H3. The van der Waals surface area contributed by atoms with Crippen molar-refractivity contribution in [1.29, 1.82) is 0 Å². The number of rotatable bonds is 7. The van der Waals surface area contributed by atoms with Crippen molar-refractivity contribution >= 4 is 28.4 Å². The molecule has 1 aromatic heterocycles. The van der Waals surface area contributed by atoms with Crippen LogP contribution in [0.15, 0.2) is 78.9 Å². The van der Waals surface area contributed by atoms with Gasteiger partial charge in [0.05, 0.1) is 29.9 Å². The third-order valence-electron chi connectivity index (χ3n) is 6.03. The van der Waals surface area contributed by atoms with Crippen molar-refractivity contribution in [1.82, 2.24) is 9.55 Å². The summed E-state index contributed by atoms with van der Waals surface area (Å²) < 4.78 is 7.73. The molecule has 1 aliphatic rings. The molecule has 4 aromatic rings. The summed E-state index contributed by atoms with van der Waals surface area (Å²) in [4.78, 5) is 32.7. The molecule has 5 rings (SSSR count). The minimum absolute atomic E-state index is 0.0166. The molecule has 6 nitrogen and oxygen atoms in total. The molecule has 166 valence electrons. The number of imidazole rings is 1. The van der Waals surface area contributed by atoms with Crippen LogP contribution >= 0.6 is 0 Å². The summed E-state index contributed by atoms with van der Waals surface area (Å²) in [5.74, 6) is 1.39. The number of aromatic nitrogens is 2. The van der Waals surface area contributed by atoms with Crippen molar-refractivity contribution in [3.05, 3.63) is 90.3 Å². The number of nitrogens with zero attached hydrogens (tertiary/aromatic N) is 3. The minimum atomic E-state index is -0.122. The van der Waals surface area contributed by atoms with Crippen molar-refractivity contribution < 1.29 is 14.3 Å². The zero-order valence-corrected chi connectivity index (χ0v) is 18.5. The van der Waals surface area contributed by atoms with E-state index in [9.17, 15) is 9.59 Å². The molecule has 0 aliphatic carbocycles. The number of ether oxygens (including phenoxy) is 1. The van der Waals surface area contributed by atoms with Crippen LogP contribution in [0.2, 0.25) is 0 Å². The molecular formula is C27H25N3O3. The van der Waals surface area contributed by atoms with Gasteiger partial charge in [0.2, 0.25) is 5.91 Å². The third kappa shape index (κ3) is 4.00. The molecule has 33 heavy (non-hydrogen) atoms. The van der Waals surface area contributed by atoms with Gasteiger partial charge in [-0.2, -0.15) is 0 Å². The Bertz CT molecular complexity index is 1310. The first kappa shape index (κ1) is 20.9. The molecule has 0 radical (unpaired) electrons. The number of carbonyl (C=O) groups excluding carboxylic acids is 2. The van der Waals surface area contributed by atoms with E-state index in [0.29, 0.717) is 30.9 Å². The van der Waals surface area contributed by atoms with Gasteiger partial charge in [-0.3, -0.25) is 9.59 Å². The lowest BCUT2D eigenvalue weighted by molar-refractivity contribution is -0.117. The molecule has 0 saturated carbocycles. The van der Waals surface area contributed by atoms with Crippen molar-refractivity contribution in [2.45, 2.75) is 25.8 Å². The maximum absolute atomic E-state index is 13.1. The average molecular weight is 440 g/mol. The fourth-order valence-corrected chi connectivity index (χ4v) is 4.50. The van der Waals surface area contributed by atoms with Gasteiger partial charge in [-0.15, -0.1) is 0 Å². The molecule has 0 N–H and O–H groups in total. The van der Waals surface area contributed by atoms with Crippen LogP contribution in [0.1, 0.15) is 35.4 Å². The van der Waals surface area contributed by atoms with Crippen LogP contribution in [0.25, 0.3) is 11.0 Å². The van der Waals surface area contributed by atoms with Crippen molar-refractivity contribution in [3.8, 4) is 5.75 Å². The Labute approximate surface area is 192 Å². The van der Waals surface area contributed by atoms with E-state index in [-0.39, 0.29) is 24.2 Å². The van der Waals surface area contributed by atoms with Crippen molar-refractivity contribution in [2.75, 3.05) is 18.1 Å². The quantitative estimate of drug-likeness (QED) is 0.387. The Morgan fingerprint density at radius 3 is 2.55 bits per heavy atom. The highest BCUT2D eigenvalue weighted by atomic mass is 16.5. The molecule has 0 bridgehead atoms. The van der Waals surface area contributed by atoms with Crippen LogP contribution in [0.3, 0.4) is 0 Å². The number of ketones is 1. The van der Waals surface area contributed by atoms with Gasteiger partial charge in [0, 0.05) is 24.4 Å². The highest BCUT2D eigenvalue weighted by Crippen LogP contribution is 2.37. The van der Waals surface area contributed by atoms with Crippen molar-refractivity contribution in [2.24, 2.45) is 0 Å². The SMILES string of the molecule is CCOc1ccccc1N1CC(c2nc3ccccc3n2CC(=O)c2ccccc2)CC1=O. The topological polar surface area (TPSA) is 64.4 Å². The average Bonchev–Trinajstić information content (AvgIpc) is 3.41. The Balaban J connectivity index is 1.50. The lowest BCUT2D eigenvalue weighted by Gasteiger charge is -2.20. The Morgan fingerprint density at radius 2 is 1.73 bits per heavy atom. The summed E-state index contributed by atoms with van der Waals surface area (Å²) in [6.45, 7) is 3.13. The van der Waals surface area contributed by atoms with Gasteiger partial charge in [0.25, 0.3) is 0 Å². The van der Waals surface area contributed by atoms with E-state index in [1.165, 1.54) is 0 Å². The second-order valence-corrected chi connectivity index (χ2v) is 8.14. The summed E-state index contributed by atoms with van der Waals surface area (Å²) >= 11 is 0. The number of benzene rings is 3. The van der Waals surface area contributed by atoms with Gasteiger partial charge in [-0.1, -0.05) is 54.6 Å². The van der Waals surface area contributed by atoms with Gasteiger partial charge in [-0.25, -0.2) is 4.98 Å². The molecule has 1 amide bonds. The first-order chi connectivity index (χ1) is 16.2. The number of Topliss-reactive ketones (excluding diaryl/α,β-unsaturated/α-hetero) is 1. The smallest absolute Gasteiger partial charge is 0.227 e. The van der Waals surface area contributed by atoms with E-state index in [2.05, 4.69) is 0 Å². The predicted molar refractivity (Wildman–Crippen MR) is 128 cm³/mol. The summed E-state index contributed by atoms with van der Waals surface area (Å²) in [6, 6.07) is 24.7. The second-order valence-electron chi connectivity index (χ2n) is 8.14. The number of carbonyl (C=O) groups is 2. The van der Waals surface area contributed by atoms with E-state index in [4.69, 9.17) is 9.72 Å².